The second-order valence-corrected chi connectivity index (χ2v) is 4.73. The summed E-state index contributed by atoms with van der Waals surface area (Å²) in [5, 5.41) is 10.5. The first-order valence-corrected chi connectivity index (χ1v) is 5.80. The van der Waals surface area contributed by atoms with Crippen LogP contribution < -0.4 is 10.0 Å². The van der Waals surface area contributed by atoms with Crippen molar-refractivity contribution in [1.29, 1.82) is 0 Å². The first kappa shape index (κ1) is 11.1. The van der Waals surface area contributed by atoms with Gasteiger partial charge in [-0.15, -0.1) is 0 Å². The average molecular weight is 252 g/mol. The van der Waals surface area contributed by atoms with Crippen LogP contribution in [-0.4, -0.2) is 21.9 Å². The third kappa shape index (κ3) is 1.94. The minimum absolute atomic E-state index is 0.0777. The number of thioether (sulfide) groups is 1. The van der Waals surface area contributed by atoms with Crippen molar-refractivity contribution in [3.63, 3.8) is 0 Å². The molecule has 1 saturated heterocycles. The molecule has 0 unspecified atom stereocenters. The minimum Gasteiger partial charge on any atom is -0.545 e. The Kier molecular flexibility index (Phi) is 2.93. The molecule has 0 bridgehead atoms. The number of thiocarbonyl (C=S) groups is 1. The van der Waals surface area contributed by atoms with Gasteiger partial charge in [-0.2, -0.15) is 0 Å². The molecule has 1 amide bonds. The van der Waals surface area contributed by atoms with Gasteiger partial charge in [0, 0.05) is 0 Å². The predicted octanol–water partition coefficient (Wildman–Crippen LogP) is 0.415. The number of nitrogens with zero attached hydrogens (tertiary/aromatic N) is 1. The summed E-state index contributed by atoms with van der Waals surface area (Å²) < 4.78 is 0.492. The van der Waals surface area contributed by atoms with Gasteiger partial charge in [-0.05, 0) is 17.7 Å². The first-order valence-electron chi connectivity index (χ1n) is 4.41. The normalized spacial score (nSPS) is 15.6. The van der Waals surface area contributed by atoms with E-state index in [0.29, 0.717) is 15.8 Å². The Morgan fingerprint density at radius 3 is 2.44 bits per heavy atom. The molecule has 0 saturated carbocycles. The topological polar surface area (TPSA) is 60.4 Å². The molecule has 1 aromatic rings. The number of carboxylic acids is 1. The molecule has 1 aliphatic rings. The fourth-order valence-corrected chi connectivity index (χ4v) is 2.45. The average Bonchev–Trinajstić information content (AvgIpc) is 2.59. The van der Waals surface area contributed by atoms with Crippen molar-refractivity contribution in [3.8, 4) is 0 Å². The van der Waals surface area contributed by atoms with E-state index in [4.69, 9.17) is 12.2 Å². The Morgan fingerprint density at radius 1 is 1.38 bits per heavy atom. The molecule has 0 N–H and O–H groups in total. The van der Waals surface area contributed by atoms with Gasteiger partial charge in [0.1, 0.15) is 4.32 Å². The lowest BCUT2D eigenvalue weighted by atomic mass is 10.2. The molecule has 0 aliphatic carbocycles. The Morgan fingerprint density at radius 2 is 2.00 bits per heavy atom. The lowest BCUT2D eigenvalue weighted by molar-refractivity contribution is -0.255. The highest BCUT2D eigenvalue weighted by molar-refractivity contribution is 8.24. The van der Waals surface area contributed by atoms with Crippen LogP contribution >= 0.6 is 24.0 Å². The molecule has 2 rings (SSSR count). The van der Waals surface area contributed by atoms with E-state index < -0.39 is 5.97 Å². The summed E-state index contributed by atoms with van der Waals surface area (Å²) in [4.78, 5) is 23.4. The zero-order chi connectivity index (χ0) is 11.7. The van der Waals surface area contributed by atoms with Crippen molar-refractivity contribution >= 4 is 45.9 Å². The van der Waals surface area contributed by atoms with Gasteiger partial charge in [0.15, 0.2) is 0 Å². The molecule has 1 aliphatic heterocycles. The van der Waals surface area contributed by atoms with Crippen molar-refractivity contribution in [2.24, 2.45) is 0 Å². The molecule has 1 heterocycles. The third-order valence-corrected chi connectivity index (χ3v) is 3.47. The van der Waals surface area contributed by atoms with Crippen LogP contribution in [0.4, 0.5) is 5.69 Å². The molecule has 0 aromatic heterocycles. The number of carbonyl (C=O) groups is 2. The summed E-state index contributed by atoms with van der Waals surface area (Å²) in [6.07, 6.45) is 0. The van der Waals surface area contributed by atoms with Crippen LogP contribution in [0.5, 0.6) is 0 Å². The largest absolute Gasteiger partial charge is 0.545 e. The van der Waals surface area contributed by atoms with Crippen LogP contribution in [0.1, 0.15) is 10.4 Å². The van der Waals surface area contributed by atoms with Gasteiger partial charge >= 0.3 is 0 Å². The molecule has 0 spiro atoms. The highest BCUT2D eigenvalue weighted by atomic mass is 32.2. The fourth-order valence-electron chi connectivity index (χ4n) is 1.35. The summed E-state index contributed by atoms with van der Waals surface area (Å²) in [5.74, 6) is -0.992. The maximum absolute atomic E-state index is 11.5. The molecular weight excluding hydrogens is 246 g/mol. The smallest absolute Gasteiger partial charge is 0.243 e. The number of amides is 1. The van der Waals surface area contributed by atoms with Gasteiger partial charge in [-0.1, -0.05) is 36.1 Å². The number of anilines is 1. The van der Waals surface area contributed by atoms with Crippen molar-refractivity contribution in [2.75, 3.05) is 10.7 Å². The van der Waals surface area contributed by atoms with Gasteiger partial charge in [0.25, 0.3) is 0 Å². The Bertz CT molecular complexity index is 453. The van der Waals surface area contributed by atoms with E-state index in [2.05, 4.69) is 0 Å². The molecule has 1 aromatic carbocycles. The second kappa shape index (κ2) is 4.23. The molecule has 0 atom stereocenters. The van der Waals surface area contributed by atoms with Crippen LogP contribution in [0.15, 0.2) is 24.3 Å². The summed E-state index contributed by atoms with van der Waals surface area (Å²) >= 11 is 6.32. The van der Waals surface area contributed by atoms with Gasteiger partial charge in [0.05, 0.1) is 17.4 Å². The Balaban J connectivity index is 2.31. The molecular formula is C10H6NO3S2-. The number of carboxylic acid groups (broad SMARTS) is 1. The van der Waals surface area contributed by atoms with E-state index in [1.54, 1.807) is 12.1 Å². The van der Waals surface area contributed by atoms with E-state index >= 15 is 0 Å². The molecule has 82 valence electrons. The summed E-state index contributed by atoms with van der Waals surface area (Å²) in [5.41, 5.74) is 0.666. The summed E-state index contributed by atoms with van der Waals surface area (Å²) in [6, 6.07) is 5.87. The number of benzene rings is 1. The van der Waals surface area contributed by atoms with E-state index in [-0.39, 0.29) is 11.5 Å². The second-order valence-electron chi connectivity index (χ2n) is 3.12. The number of hydrogen-bond donors (Lipinski definition) is 0. The summed E-state index contributed by atoms with van der Waals surface area (Å²) in [6.45, 7) is 0. The minimum atomic E-state index is -1.24. The maximum atomic E-state index is 11.5. The van der Waals surface area contributed by atoms with Crippen LogP contribution in [0.25, 0.3) is 0 Å². The number of carbonyl (C=O) groups excluding carboxylic acids is 2. The Labute approximate surface area is 101 Å². The van der Waals surface area contributed by atoms with Gasteiger partial charge in [-0.3, -0.25) is 9.69 Å². The standard InChI is InChI=1S/C10H7NO3S2/c12-8-5-16-10(15)11(8)7-3-1-6(2-4-7)9(13)14/h1-4H,5H2,(H,13,14)/p-1. The van der Waals surface area contributed by atoms with Crippen LogP contribution in [-0.2, 0) is 4.79 Å². The van der Waals surface area contributed by atoms with E-state index in [0.717, 1.165) is 0 Å². The lowest BCUT2D eigenvalue weighted by Gasteiger charge is -2.15. The van der Waals surface area contributed by atoms with Gasteiger partial charge in [0.2, 0.25) is 5.91 Å². The third-order valence-electron chi connectivity index (χ3n) is 2.11. The van der Waals surface area contributed by atoms with Crippen molar-refractivity contribution in [3.05, 3.63) is 29.8 Å². The predicted molar refractivity (Wildman–Crippen MR) is 63.3 cm³/mol. The highest BCUT2D eigenvalue weighted by Crippen LogP contribution is 2.26. The van der Waals surface area contributed by atoms with E-state index in [1.807, 2.05) is 0 Å². The van der Waals surface area contributed by atoms with Crippen molar-refractivity contribution < 1.29 is 14.7 Å². The first-order chi connectivity index (χ1) is 7.59. The molecule has 4 nitrogen and oxygen atoms in total. The fraction of sp³-hybridized carbons (Fsp3) is 0.100. The molecule has 0 radical (unpaired) electrons. The zero-order valence-corrected chi connectivity index (χ0v) is 9.64. The number of hydrogen-bond acceptors (Lipinski definition) is 5. The Hall–Kier alpha value is -1.40. The van der Waals surface area contributed by atoms with Gasteiger partial charge in [-0.25, -0.2) is 0 Å². The zero-order valence-electron chi connectivity index (χ0n) is 8.00. The molecule has 1 fully saturated rings. The maximum Gasteiger partial charge on any atom is 0.243 e. The van der Waals surface area contributed by atoms with Crippen LogP contribution in [0.2, 0.25) is 0 Å². The SMILES string of the molecule is O=C([O-])c1ccc(N2C(=O)CSC2=S)cc1. The quantitative estimate of drug-likeness (QED) is 0.714. The van der Waals surface area contributed by atoms with E-state index in [1.165, 1.54) is 28.8 Å². The van der Waals surface area contributed by atoms with Gasteiger partial charge < -0.3 is 9.90 Å². The highest BCUT2D eigenvalue weighted by Gasteiger charge is 2.27. The van der Waals surface area contributed by atoms with Crippen LogP contribution in [0, 0.1) is 0 Å². The van der Waals surface area contributed by atoms with Crippen molar-refractivity contribution in [2.45, 2.75) is 0 Å². The number of rotatable bonds is 2. The van der Waals surface area contributed by atoms with E-state index in [9.17, 15) is 14.7 Å². The lowest BCUT2D eigenvalue weighted by Crippen LogP contribution is -2.28. The monoisotopic (exact) mass is 252 g/mol. The molecule has 16 heavy (non-hydrogen) atoms. The summed E-state index contributed by atoms with van der Waals surface area (Å²) in [7, 11) is 0. The molecule has 6 heteroatoms. The van der Waals surface area contributed by atoms with Crippen LogP contribution in [0.3, 0.4) is 0 Å². The van der Waals surface area contributed by atoms with Crippen molar-refractivity contribution in [1.82, 2.24) is 0 Å². The number of aromatic carboxylic acids is 1.